The molecule has 0 aliphatic heterocycles. The Balaban J connectivity index is 2.10. The first-order valence-corrected chi connectivity index (χ1v) is 8.40. The molecule has 0 saturated heterocycles. The number of hydrogen-bond donors (Lipinski definition) is 1. The van der Waals surface area contributed by atoms with Gasteiger partial charge >= 0.3 is 0 Å². The molecule has 1 N–H and O–H groups in total. The second-order valence-electron chi connectivity index (χ2n) is 8.25. The van der Waals surface area contributed by atoms with Crippen molar-refractivity contribution in [1.29, 1.82) is 0 Å². The van der Waals surface area contributed by atoms with Gasteiger partial charge in [-0.15, -0.1) is 0 Å². The van der Waals surface area contributed by atoms with Crippen molar-refractivity contribution in [2.75, 3.05) is 13.6 Å². The van der Waals surface area contributed by atoms with Crippen molar-refractivity contribution in [3.8, 4) is 0 Å². The van der Waals surface area contributed by atoms with Crippen LogP contribution in [0.1, 0.15) is 57.8 Å². The van der Waals surface area contributed by atoms with E-state index in [1.54, 1.807) is 0 Å². The summed E-state index contributed by atoms with van der Waals surface area (Å²) in [6.07, 6.45) is 6.55. The monoisotopic (exact) mass is 291 g/mol. The van der Waals surface area contributed by atoms with E-state index in [9.17, 15) is 0 Å². The Hall–Kier alpha value is -0.830. The Kier molecular flexibility index (Phi) is 4.82. The first kappa shape index (κ1) is 16.5. The van der Waals surface area contributed by atoms with Gasteiger partial charge in [0.15, 0.2) is 0 Å². The highest BCUT2D eigenvalue weighted by molar-refractivity contribution is 5.12. The van der Waals surface area contributed by atoms with Gasteiger partial charge in [-0.3, -0.25) is 4.68 Å². The third kappa shape index (κ3) is 3.88. The summed E-state index contributed by atoms with van der Waals surface area (Å²) in [4.78, 5) is 0. The summed E-state index contributed by atoms with van der Waals surface area (Å²) < 4.78 is 2.07. The van der Waals surface area contributed by atoms with E-state index >= 15 is 0 Å². The summed E-state index contributed by atoms with van der Waals surface area (Å²) in [6, 6.07) is 2.26. The lowest BCUT2D eigenvalue weighted by Crippen LogP contribution is -2.40. The zero-order valence-electron chi connectivity index (χ0n) is 14.8. The summed E-state index contributed by atoms with van der Waals surface area (Å²) in [5, 5.41) is 7.97. The van der Waals surface area contributed by atoms with Gasteiger partial charge in [0.05, 0.1) is 5.69 Å². The van der Waals surface area contributed by atoms with Crippen molar-refractivity contribution < 1.29 is 0 Å². The van der Waals surface area contributed by atoms with Crippen molar-refractivity contribution in [2.24, 2.45) is 23.8 Å². The molecule has 1 aromatic rings. The van der Waals surface area contributed by atoms with Crippen LogP contribution in [-0.4, -0.2) is 23.4 Å². The second kappa shape index (κ2) is 6.12. The number of nitrogens with zero attached hydrogens (tertiary/aromatic N) is 2. The molecule has 1 aromatic heterocycles. The van der Waals surface area contributed by atoms with Crippen LogP contribution in [0, 0.1) is 23.7 Å². The SMILES string of the molecule is CNCC1(Cc2cc(C)nn2C)CCC(C(C)(C)C)CC1. The van der Waals surface area contributed by atoms with Gasteiger partial charge in [-0.05, 0) is 68.9 Å². The molecule has 0 atom stereocenters. The number of rotatable bonds is 4. The first-order chi connectivity index (χ1) is 9.76. The summed E-state index contributed by atoms with van der Waals surface area (Å²) in [5.41, 5.74) is 3.39. The van der Waals surface area contributed by atoms with Gasteiger partial charge in [0.25, 0.3) is 0 Å². The van der Waals surface area contributed by atoms with E-state index in [1.807, 2.05) is 0 Å². The van der Waals surface area contributed by atoms with Crippen LogP contribution < -0.4 is 5.32 Å². The van der Waals surface area contributed by atoms with Gasteiger partial charge in [0, 0.05) is 19.3 Å². The quantitative estimate of drug-likeness (QED) is 0.916. The highest BCUT2D eigenvalue weighted by Crippen LogP contribution is 2.46. The maximum absolute atomic E-state index is 4.52. The van der Waals surface area contributed by atoms with Crippen LogP contribution in [0.3, 0.4) is 0 Å². The van der Waals surface area contributed by atoms with Crippen LogP contribution in [0.5, 0.6) is 0 Å². The van der Waals surface area contributed by atoms with Crippen LogP contribution >= 0.6 is 0 Å². The Morgan fingerprint density at radius 3 is 2.38 bits per heavy atom. The largest absolute Gasteiger partial charge is 0.319 e. The third-order valence-electron chi connectivity index (χ3n) is 5.48. The van der Waals surface area contributed by atoms with Crippen LogP contribution in [0.25, 0.3) is 0 Å². The van der Waals surface area contributed by atoms with E-state index in [1.165, 1.54) is 31.4 Å². The minimum Gasteiger partial charge on any atom is -0.319 e. The van der Waals surface area contributed by atoms with Crippen LogP contribution in [0.4, 0.5) is 0 Å². The molecule has 1 aliphatic rings. The number of aryl methyl sites for hydroxylation is 2. The van der Waals surface area contributed by atoms with Gasteiger partial charge in [0.2, 0.25) is 0 Å². The number of nitrogens with one attached hydrogen (secondary N) is 1. The van der Waals surface area contributed by atoms with Gasteiger partial charge in [-0.25, -0.2) is 0 Å². The number of aromatic nitrogens is 2. The molecule has 3 nitrogen and oxygen atoms in total. The fraction of sp³-hybridized carbons (Fsp3) is 0.833. The molecule has 0 amide bonds. The first-order valence-electron chi connectivity index (χ1n) is 8.40. The van der Waals surface area contributed by atoms with E-state index in [-0.39, 0.29) is 0 Å². The smallest absolute Gasteiger partial charge is 0.0596 e. The predicted octanol–water partition coefficient (Wildman–Crippen LogP) is 3.71. The summed E-state index contributed by atoms with van der Waals surface area (Å²) in [6.45, 7) is 10.4. The molecule has 1 aliphatic carbocycles. The van der Waals surface area contributed by atoms with E-state index < -0.39 is 0 Å². The highest BCUT2D eigenvalue weighted by Gasteiger charge is 2.38. The standard InChI is InChI=1S/C18H33N3/c1-14-11-16(21(6)20-14)12-18(13-19-5)9-7-15(8-10-18)17(2,3)4/h11,15,19H,7-10,12-13H2,1-6H3. The zero-order valence-corrected chi connectivity index (χ0v) is 14.8. The fourth-order valence-electron chi connectivity index (χ4n) is 4.10. The Morgan fingerprint density at radius 2 is 1.95 bits per heavy atom. The van der Waals surface area contributed by atoms with Gasteiger partial charge < -0.3 is 5.32 Å². The molecule has 120 valence electrons. The molecule has 0 radical (unpaired) electrons. The van der Waals surface area contributed by atoms with E-state index in [0.29, 0.717) is 10.8 Å². The van der Waals surface area contributed by atoms with E-state index in [0.717, 1.165) is 24.6 Å². The lowest BCUT2D eigenvalue weighted by molar-refractivity contribution is 0.0863. The van der Waals surface area contributed by atoms with E-state index in [2.05, 4.69) is 63.0 Å². The summed E-state index contributed by atoms with van der Waals surface area (Å²) in [5.74, 6) is 0.871. The molecule has 0 bridgehead atoms. The molecule has 1 heterocycles. The van der Waals surface area contributed by atoms with Crippen molar-refractivity contribution in [3.05, 3.63) is 17.5 Å². The van der Waals surface area contributed by atoms with Crippen LogP contribution in [-0.2, 0) is 13.5 Å². The lowest BCUT2D eigenvalue weighted by atomic mass is 9.62. The average molecular weight is 291 g/mol. The summed E-state index contributed by atoms with van der Waals surface area (Å²) in [7, 11) is 4.17. The third-order valence-corrected chi connectivity index (χ3v) is 5.48. The Morgan fingerprint density at radius 1 is 1.33 bits per heavy atom. The van der Waals surface area contributed by atoms with Crippen molar-refractivity contribution in [2.45, 2.75) is 59.8 Å². The second-order valence-corrected chi connectivity index (χ2v) is 8.25. The maximum Gasteiger partial charge on any atom is 0.0596 e. The van der Waals surface area contributed by atoms with Gasteiger partial charge in [0.1, 0.15) is 0 Å². The maximum atomic E-state index is 4.52. The van der Waals surface area contributed by atoms with Gasteiger partial charge in [-0.1, -0.05) is 20.8 Å². The predicted molar refractivity (Wildman–Crippen MR) is 89.4 cm³/mol. The summed E-state index contributed by atoms with van der Waals surface area (Å²) >= 11 is 0. The molecule has 3 heteroatoms. The average Bonchev–Trinajstić information content (AvgIpc) is 2.67. The minimum absolute atomic E-state index is 0.413. The minimum atomic E-state index is 0.413. The molecule has 1 saturated carbocycles. The molecular formula is C18H33N3. The van der Waals surface area contributed by atoms with Crippen molar-refractivity contribution in [3.63, 3.8) is 0 Å². The van der Waals surface area contributed by atoms with Crippen LogP contribution in [0.15, 0.2) is 6.07 Å². The molecule has 0 unspecified atom stereocenters. The zero-order chi connectivity index (χ0) is 15.7. The Bertz CT molecular complexity index is 459. The topological polar surface area (TPSA) is 29.9 Å². The fourth-order valence-corrected chi connectivity index (χ4v) is 4.10. The molecule has 2 rings (SSSR count). The van der Waals surface area contributed by atoms with Crippen molar-refractivity contribution in [1.82, 2.24) is 15.1 Å². The highest BCUT2D eigenvalue weighted by atomic mass is 15.3. The number of hydrogen-bond acceptors (Lipinski definition) is 2. The van der Waals surface area contributed by atoms with Crippen LogP contribution in [0.2, 0.25) is 0 Å². The molecule has 0 aromatic carbocycles. The van der Waals surface area contributed by atoms with Gasteiger partial charge in [-0.2, -0.15) is 5.10 Å². The molecule has 21 heavy (non-hydrogen) atoms. The Labute approximate surface area is 130 Å². The molecular weight excluding hydrogens is 258 g/mol. The lowest BCUT2D eigenvalue weighted by Gasteiger charge is -2.44. The molecule has 1 fully saturated rings. The molecule has 0 spiro atoms. The normalized spacial score (nSPS) is 27.0. The van der Waals surface area contributed by atoms with Crippen molar-refractivity contribution >= 4 is 0 Å². The van der Waals surface area contributed by atoms with E-state index in [4.69, 9.17) is 0 Å².